The van der Waals surface area contributed by atoms with E-state index >= 15 is 8.78 Å². The largest absolute Gasteiger partial charge is 0.497 e. The van der Waals surface area contributed by atoms with Crippen LogP contribution in [0.3, 0.4) is 0 Å². The minimum atomic E-state index is -3.02. The van der Waals surface area contributed by atoms with E-state index in [0.29, 0.717) is 0 Å². The van der Waals surface area contributed by atoms with E-state index in [1.54, 1.807) is 12.1 Å². The fourth-order valence-electron chi connectivity index (χ4n) is 4.57. The smallest absolute Gasteiger partial charge is 0.387 e. The first-order valence-corrected chi connectivity index (χ1v) is 12.5. The van der Waals surface area contributed by atoms with Crippen LogP contribution in [0.4, 0.5) is 23.2 Å². The summed E-state index contributed by atoms with van der Waals surface area (Å²) in [5.41, 5.74) is 0.0601. The van der Waals surface area contributed by atoms with Crippen LogP contribution in [0.25, 0.3) is 0 Å². The predicted molar refractivity (Wildman–Crippen MR) is 139 cm³/mol. The molecule has 218 valence electrons. The summed E-state index contributed by atoms with van der Waals surface area (Å²) in [6.07, 6.45) is 1.47. The minimum Gasteiger partial charge on any atom is -0.497 e. The quantitative estimate of drug-likeness (QED) is 0.255. The van der Waals surface area contributed by atoms with E-state index in [2.05, 4.69) is 15.0 Å². The molecule has 0 bridgehead atoms. The monoisotopic (exact) mass is 577 g/mol. The molecule has 2 heterocycles. The molecule has 0 saturated carbocycles. The molecule has 1 unspecified atom stereocenters. The average molecular weight is 578 g/mol. The van der Waals surface area contributed by atoms with Gasteiger partial charge in [0.2, 0.25) is 11.8 Å². The first kappa shape index (κ1) is 29.6. The first-order chi connectivity index (χ1) is 19.7. The third kappa shape index (κ3) is 6.85. The number of nitrogens with zero attached hydrogens (tertiary/aromatic N) is 2. The summed E-state index contributed by atoms with van der Waals surface area (Å²) in [5.74, 6) is -5.09. The van der Waals surface area contributed by atoms with Crippen LogP contribution >= 0.6 is 0 Å². The molecule has 3 aromatic rings. The van der Waals surface area contributed by atoms with Gasteiger partial charge in [0.15, 0.2) is 0 Å². The van der Waals surface area contributed by atoms with Crippen molar-refractivity contribution in [3.63, 3.8) is 0 Å². The number of aromatic nitrogens is 1. The van der Waals surface area contributed by atoms with E-state index in [9.17, 15) is 18.4 Å². The maximum atomic E-state index is 15.2. The van der Waals surface area contributed by atoms with Crippen molar-refractivity contribution in [2.75, 3.05) is 45.4 Å². The van der Waals surface area contributed by atoms with Crippen LogP contribution in [0.1, 0.15) is 21.8 Å². The lowest BCUT2D eigenvalue weighted by atomic mass is 9.87. The van der Waals surface area contributed by atoms with Gasteiger partial charge in [-0.2, -0.15) is 8.78 Å². The van der Waals surface area contributed by atoms with Crippen LogP contribution in [0.2, 0.25) is 0 Å². The number of hydrogen-bond donors (Lipinski definition) is 1. The molecule has 2 aromatic carbocycles. The maximum Gasteiger partial charge on any atom is 0.387 e. The number of hydrogen-bond acceptors (Lipinski definition) is 7. The van der Waals surface area contributed by atoms with Gasteiger partial charge in [0.05, 0.1) is 19.6 Å². The van der Waals surface area contributed by atoms with E-state index < -0.39 is 41.9 Å². The number of carbonyl (C=O) groups excluding carboxylic acids is 2. The summed E-state index contributed by atoms with van der Waals surface area (Å²) >= 11 is 0. The van der Waals surface area contributed by atoms with Gasteiger partial charge in [0.25, 0.3) is 5.91 Å². The molecule has 2 atom stereocenters. The van der Waals surface area contributed by atoms with Gasteiger partial charge in [-0.15, -0.1) is 0 Å². The molecule has 0 spiro atoms. The number of benzene rings is 2. The fraction of sp³-hybridized carbons (Fsp3) is 0.321. The highest BCUT2D eigenvalue weighted by atomic mass is 19.3. The Morgan fingerprint density at radius 1 is 1.07 bits per heavy atom. The zero-order valence-electron chi connectivity index (χ0n) is 22.1. The molecule has 1 aliphatic rings. The Bertz CT molecular complexity index is 1350. The molecule has 13 heteroatoms. The molecule has 4 rings (SSSR count). The van der Waals surface area contributed by atoms with Gasteiger partial charge in [-0.05, 0) is 36.4 Å². The van der Waals surface area contributed by atoms with Crippen molar-refractivity contribution < 1.29 is 46.1 Å². The van der Waals surface area contributed by atoms with Gasteiger partial charge in [-0.3, -0.25) is 9.59 Å². The number of pyridine rings is 1. The molecule has 41 heavy (non-hydrogen) atoms. The summed E-state index contributed by atoms with van der Waals surface area (Å²) in [6.45, 7) is -3.02. The van der Waals surface area contributed by atoms with Gasteiger partial charge in [0.1, 0.15) is 35.4 Å². The fourth-order valence-corrected chi connectivity index (χ4v) is 4.57. The van der Waals surface area contributed by atoms with Crippen LogP contribution < -0.4 is 24.4 Å². The second-order valence-corrected chi connectivity index (χ2v) is 8.95. The first-order valence-electron chi connectivity index (χ1n) is 12.5. The average Bonchev–Trinajstić information content (AvgIpc) is 3.26. The maximum absolute atomic E-state index is 15.2. The van der Waals surface area contributed by atoms with E-state index in [1.807, 2.05) is 0 Å². The van der Waals surface area contributed by atoms with E-state index in [-0.39, 0.29) is 60.5 Å². The number of carbonyl (C=O) groups is 2. The van der Waals surface area contributed by atoms with Crippen LogP contribution in [0.5, 0.6) is 17.4 Å². The summed E-state index contributed by atoms with van der Waals surface area (Å²) in [4.78, 5) is 32.0. The zero-order valence-corrected chi connectivity index (χ0v) is 22.1. The van der Waals surface area contributed by atoms with Crippen LogP contribution in [0.15, 0.2) is 54.7 Å². The molecule has 1 saturated heterocycles. The molecule has 9 nitrogen and oxygen atoms in total. The molecule has 0 aliphatic carbocycles. The lowest BCUT2D eigenvalue weighted by molar-refractivity contribution is -0.120. The van der Waals surface area contributed by atoms with Gasteiger partial charge < -0.3 is 29.2 Å². The molecule has 1 fully saturated rings. The Balaban J connectivity index is 1.62. The van der Waals surface area contributed by atoms with Crippen molar-refractivity contribution in [1.29, 1.82) is 0 Å². The third-order valence-corrected chi connectivity index (χ3v) is 6.50. The molecule has 2 amide bonds. The third-order valence-electron chi connectivity index (χ3n) is 6.50. The summed E-state index contributed by atoms with van der Waals surface area (Å²) in [5, 5.41) is 2.61. The van der Waals surface area contributed by atoms with E-state index in [4.69, 9.17) is 14.2 Å². The summed E-state index contributed by atoms with van der Waals surface area (Å²) in [7, 11) is 2.77. The lowest BCUT2D eigenvalue weighted by Gasteiger charge is -2.20. The van der Waals surface area contributed by atoms with Crippen LogP contribution in [-0.2, 0) is 9.53 Å². The number of ether oxygens (including phenoxy) is 4. The number of halogens is 4. The Hall–Kier alpha value is -4.39. The molecule has 0 radical (unpaired) electrons. The lowest BCUT2D eigenvalue weighted by Crippen LogP contribution is -2.36. The second kappa shape index (κ2) is 13.3. The standard InChI is InChI=1S/C28H27F4N3O6/c1-38-10-11-40-26-23(4-3-9-33-26)35-15-20(24-21(29)12-18(39-2)13-22(24)30)19(27(35)37)14-34-25(36)16-5-7-17(8-6-16)41-28(31)32/h3-9,12-13,19-20,28H,10-11,14-15H2,1-2H3,(H,34,36)/t19?,20-/m1/s1. The minimum absolute atomic E-state index is 0.0323. The Morgan fingerprint density at radius 2 is 1.78 bits per heavy atom. The molecular formula is C28H27F4N3O6. The van der Waals surface area contributed by atoms with Crippen LogP contribution in [-0.4, -0.2) is 63.9 Å². The number of nitrogens with one attached hydrogen (secondary N) is 1. The number of rotatable bonds is 12. The Labute approximate surface area is 233 Å². The van der Waals surface area contributed by atoms with Crippen molar-refractivity contribution in [2.24, 2.45) is 5.92 Å². The molecule has 1 aliphatic heterocycles. The highest BCUT2D eigenvalue weighted by Gasteiger charge is 2.45. The summed E-state index contributed by atoms with van der Waals surface area (Å²) < 4.78 is 75.2. The normalized spacial score (nSPS) is 16.7. The SMILES string of the molecule is COCCOc1ncccc1N1C[C@@H](c2c(F)cc(OC)cc2F)C(CNC(=O)c2ccc(OC(F)F)cc2)C1=O. The molecule has 1 N–H and O–H groups in total. The van der Waals surface area contributed by atoms with Gasteiger partial charge in [-0.1, -0.05) is 0 Å². The number of alkyl halides is 2. The number of amides is 2. The Kier molecular flexibility index (Phi) is 9.61. The number of anilines is 1. The highest BCUT2D eigenvalue weighted by Crippen LogP contribution is 2.41. The van der Waals surface area contributed by atoms with Crippen molar-refractivity contribution in [3.8, 4) is 17.4 Å². The van der Waals surface area contributed by atoms with Crippen LogP contribution in [0, 0.1) is 17.6 Å². The van der Waals surface area contributed by atoms with Gasteiger partial charge >= 0.3 is 6.61 Å². The topological polar surface area (TPSA) is 99.2 Å². The molecule has 1 aromatic heterocycles. The van der Waals surface area contributed by atoms with Crippen molar-refractivity contribution in [2.45, 2.75) is 12.5 Å². The zero-order chi connectivity index (χ0) is 29.5. The van der Waals surface area contributed by atoms with Crippen molar-refractivity contribution >= 4 is 17.5 Å². The van der Waals surface area contributed by atoms with Gasteiger partial charge in [0, 0.05) is 55.6 Å². The highest BCUT2D eigenvalue weighted by molar-refractivity contribution is 6.00. The van der Waals surface area contributed by atoms with E-state index in [0.717, 1.165) is 12.1 Å². The van der Waals surface area contributed by atoms with Gasteiger partial charge in [-0.25, -0.2) is 13.8 Å². The van der Waals surface area contributed by atoms with Crippen molar-refractivity contribution in [3.05, 3.63) is 77.5 Å². The number of methoxy groups -OCH3 is 2. The summed E-state index contributed by atoms with van der Waals surface area (Å²) in [6, 6.07) is 10.2. The predicted octanol–water partition coefficient (Wildman–Crippen LogP) is 4.17. The van der Waals surface area contributed by atoms with E-state index in [1.165, 1.54) is 49.6 Å². The molecular weight excluding hydrogens is 550 g/mol. The Morgan fingerprint density at radius 3 is 2.41 bits per heavy atom. The van der Waals surface area contributed by atoms with Crippen molar-refractivity contribution in [1.82, 2.24) is 10.3 Å². The second-order valence-electron chi connectivity index (χ2n) is 8.95.